The maximum absolute atomic E-state index is 5.79. The molecular weight excluding hydrogens is 264 g/mol. The normalized spacial score (nSPS) is 15.7. The zero-order valence-corrected chi connectivity index (χ0v) is 12.9. The first-order valence-corrected chi connectivity index (χ1v) is 8.54. The van der Waals surface area contributed by atoms with Crippen LogP contribution >= 0.6 is 21.7 Å². The van der Waals surface area contributed by atoms with E-state index in [9.17, 15) is 0 Å². The van der Waals surface area contributed by atoms with Gasteiger partial charge in [0.05, 0.1) is 6.61 Å². The fourth-order valence-electron chi connectivity index (χ4n) is 2.16. The first-order chi connectivity index (χ1) is 8.88. The molecule has 1 aliphatic carbocycles. The third kappa shape index (κ3) is 5.53. The molecule has 0 amide bonds. The van der Waals surface area contributed by atoms with Crippen LogP contribution in [0, 0.1) is 5.92 Å². The molecule has 1 fully saturated rings. The second-order valence-electron chi connectivity index (χ2n) is 4.36. The molecule has 0 heterocycles. The van der Waals surface area contributed by atoms with Gasteiger partial charge in [-0.05, 0) is 64.7 Å². The van der Waals surface area contributed by atoms with Crippen LogP contribution in [0.25, 0.3) is 0 Å². The lowest BCUT2D eigenvalue weighted by molar-refractivity contribution is 0.209. The summed E-state index contributed by atoms with van der Waals surface area (Å²) in [6.45, 7) is 4.87. The van der Waals surface area contributed by atoms with E-state index in [-0.39, 0.29) is 0 Å². The first-order valence-electron chi connectivity index (χ1n) is 6.90. The standard InChI is InChI=1S/C13H17ClOS.C2H6/c14-16-13-8-6-12(7-9-13)15-10-11-4-2-1-3-5-11;1-2/h6-9,11H,1-5,10H2;1-2H3. The molecule has 0 aliphatic heterocycles. The van der Waals surface area contributed by atoms with Crippen LogP contribution in [0.2, 0.25) is 0 Å². The minimum atomic E-state index is 0.760. The summed E-state index contributed by atoms with van der Waals surface area (Å²) in [4.78, 5) is 1.06. The Bertz CT molecular complexity index is 307. The molecule has 102 valence electrons. The van der Waals surface area contributed by atoms with Crippen molar-refractivity contribution in [1.82, 2.24) is 0 Å². The molecule has 1 saturated carbocycles. The van der Waals surface area contributed by atoms with Crippen LogP contribution in [0.4, 0.5) is 0 Å². The van der Waals surface area contributed by atoms with Gasteiger partial charge in [0.15, 0.2) is 0 Å². The van der Waals surface area contributed by atoms with Crippen LogP contribution in [0.1, 0.15) is 46.0 Å². The van der Waals surface area contributed by atoms with E-state index in [0.717, 1.165) is 23.2 Å². The average molecular weight is 287 g/mol. The Morgan fingerprint density at radius 3 is 2.28 bits per heavy atom. The minimum absolute atomic E-state index is 0.760. The van der Waals surface area contributed by atoms with E-state index in [0.29, 0.717) is 0 Å². The molecule has 2 rings (SSSR count). The molecule has 1 nitrogen and oxygen atoms in total. The minimum Gasteiger partial charge on any atom is -0.493 e. The highest BCUT2D eigenvalue weighted by Crippen LogP contribution is 2.26. The molecule has 1 aromatic carbocycles. The van der Waals surface area contributed by atoms with Gasteiger partial charge >= 0.3 is 0 Å². The largest absolute Gasteiger partial charge is 0.493 e. The van der Waals surface area contributed by atoms with Crippen molar-refractivity contribution < 1.29 is 4.74 Å². The molecule has 0 saturated heterocycles. The van der Waals surface area contributed by atoms with Gasteiger partial charge in [0.1, 0.15) is 5.75 Å². The van der Waals surface area contributed by atoms with Crippen LogP contribution in [0.5, 0.6) is 5.75 Å². The molecule has 0 spiro atoms. The molecule has 0 atom stereocenters. The molecular formula is C15H23ClOS. The van der Waals surface area contributed by atoms with Gasteiger partial charge in [-0.2, -0.15) is 0 Å². The highest BCUT2D eigenvalue weighted by atomic mass is 35.7. The van der Waals surface area contributed by atoms with E-state index in [1.54, 1.807) is 0 Å². The lowest BCUT2D eigenvalue weighted by atomic mass is 9.90. The van der Waals surface area contributed by atoms with Gasteiger partial charge < -0.3 is 4.74 Å². The summed E-state index contributed by atoms with van der Waals surface area (Å²) in [5, 5.41) is 0. The van der Waals surface area contributed by atoms with Crippen molar-refractivity contribution in [1.29, 1.82) is 0 Å². The number of benzene rings is 1. The third-order valence-electron chi connectivity index (χ3n) is 3.12. The van der Waals surface area contributed by atoms with Gasteiger partial charge in [0, 0.05) is 4.90 Å². The van der Waals surface area contributed by atoms with Gasteiger partial charge in [0.2, 0.25) is 0 Å². The highest BCUT2D eigenvalue weighted by molar-refractivity contribution is 8.21. The summed E-state index contributed by atoms with van der Waals surface area (Å²) in [7, 11) is 6.89. The summed E-state index contributed by atoms with van der Waals surface area (Å²) in [5.41, 5.74) is 0. The van der Waals surface area contributed by atoms with Crippen LogP contribution in [-0.2, 0) is 0 Å². The number of halogens is 1. The van der Waals surface area contributed by atoms with Gasteiger partial charge in [-0.25, -0.2) is 0 Å². The molecule has 18 heavy (non-hydrogen) atoms. The second kappa shape index (κ2) is 9.57. The van der Waals surface area contributed by atoms with Crippen molar-refractivity contribution in [3.05, 3.63) is 24.3 Å². The Morgan fingerprint density at radius 2 is 1.72 bits per heavy atom. The summed E-state index contributed by atoms with van der Waals surface area (Å²) >= 11 is 0. The maximum atomic E-state index is 5.79. The van der Waals surface area contributed by atoms with Gasteiger partial charge in [-0.15, -0.1) is 0 Å². The van der Waals surface area contributed by atoms with E-state index in [1.807, 2.05) is 38.1 Å². The Labute approximate surface area is 120 Å². The molecule has 1 aliphatic rings. The van der Waals surface area contributed by atoms with Crippen molar-refractivity contribution in [2.75, 3.05) is 6.61 Å². The first kappa shape index (κ1) is 15.7. The molecule has 0 unspecified atom stereocenters. The number of rotatable bonds is 4. The predicted octanol–water partition coefficient (Wildman–Crippen LogP) is 5.92. The summed E-state index contributed by atoms with van der Waals surface area (Å²) in [5.74, 6) is 1.72. The Morgan fingerprint density at radius 1 is 1.11 bits per heavy atom. The van der Waals surface area contributed by atoms with E-state index in [2.05, 4.69) is 0 Å². The molecule has 0 radical (unpaired) electrons. The van der Waals surface area contributed by atoms with Crippen molar-refractivity contribution in [2.24, 2.45) is 5.92 Å². The summed E-state index contributed by atoms with van der Waals surface area (Å²) < 4.78 is 5.79. The Hall–Kier alpha value is -0.340. The Balaban J connectivity index is 0.000000771. The zero-order valence-electron chi connectivity index (χ0n) is 11.3. The van der Waals surface area contributed by atoms with Crippen molar-refractivity contribution in [3.8, 4) is 5.75 Å². The van der Waals surface area contributed by atoms with E-state index in [1.165, 1.54) is 43.1 Å². The van der Waals surface area contributed by atoms with Crippen LogP contribution < -0.4 is 4.74 Å². The topological polar surface area (TPSA) is 9.23 Å². The molecule has 0 N–H and O–H groups in total. The van der Waals surface area contributed by atoms with Crippen molar-refractivity contribution >= 4 is 21.7 Å². The molecule has 0 aromatic heterocycles. The second-order valence-corrected chi connectivity index (χ2v) is 5.45. The fourth-order valence-corrected chi connectivity index (χ4v) is 2.70. The van der Waals surface area contributed by atoms with Crippen molar-refractivity contribution in [3.63, 3.8) is 0 Å². The van der Waals surface area contributed by atoms with E-state index >= 15 is 0 Å². The number of hydrogen-bond donors (Lipinski definition) is 0. The van der Waals surface area contributed by atoms with Crippen LogP contribution in [0.15, 0.2) is 29.2 Å². The van der Waals surface area contributed by atoms with Gasteiger partial charge in [-0.1, -0.05) is 33.1 Å². The lowest BCUT2D eigenvalue weighted by Crippen LogP contribution is -2.15. The van der Waals surface area contributed by atoms with Crippen molar-refractivity contribution in [2.45, 2.75) is 50.8 Å². The predicted molar refractivity (Wildman–Crippen MR) is 81.6 cm³/mol. The third-order valence-corrected chi connectivity index (χ3v) is 4.11. The summed E-state index contributed by atoms with van der Waals surface area (Å²) in [6, 6.07) is 7.98. The monoisotopic (exact) mass is 286 g/mol. The zero-order chi connectivity index (χ0) is 13.2. The fraction of sp³-hybridized carbons (Fsp3) is 0.600. The Kier molecular flexibility index (Phi) is 8.36. The smallest absolute Gasteiger partial charge is 0.119 e. The van der Waals surface area contributed by atoms with E-state index < -0.39 is 0 Å². The molecule has 1 aromatic rings. The average Bonchev–Trinajstić information content (AvgIpc) is 2.49. The number of ether oxygens (including phenoxy) is 1. The maximum Gasteiger partial charge on any atom is 0.119 e. The quantitative estimate of drug-likeness (QED) is 0.679. The summed E-state index contributed by atoms with van der Waals surface area (Å²) in [6.07, 6.45) is 6.80. The number of hydrogen-bond acceptors (Lipinski definition) is 2. The molecule has 3 heteroatoms. The SMILES string of the molecule is CC.ClSc1ccc(OCC2CCCCC2)cc1. The lowest BCUT2D eigenvalue weighted by Gasteiger charge is -2.21. The van der Waals surface area contributed by atoms with E-state index in [4.69, 9.17) is 15.4 Å². The van der Waals surface area contributed by atoms with Gasteiger partial charge in [-0.3, -0.25) is 0 Å². The van der Waals surface area contributed by atoms with Gasteiger partial charge in [0.25, 0.3) is 0 Å². The highest BCUT2D eigenvalue weighted by Gasteiger charge is 2.13. The van der Waals surface area contributed by atoms with Crippen LogP contribution in [0.3, 0.4) is 0 Å². The molecule has 0 bridgehead atoms. The van der Waals surface area contributed by atoms with Crippen LogP contribution in [-0.4, -0.2) is 6.61 Å².